The molecule has 4 unspecified atom stereocenters. The van der Waals surface area contributed by atoms with Crippen LogP contribution in [0.2, 0.25) is 0 Å². The van der Waals surface area contributed by atoms with Crippen LogP contribution in [0.25, 0.3) is 0 Å². The number of aliphatic hydroxyl groups excluding tert-OH is 1. The van der Waals surface area contributed by atoms with Gasteiger partial charge in [0.25, 0.3) is 0 Å². The van der Waals surface area contributed by atoms with Crippen molar-refractivity contribution in [1.82, 2.24) is 4.90 Å². The SMILES string of the molecule is CC1=C2C(C(O)CN)=CC(C(F)(F)F)N(C)C2C(C(F)(F)F)C=C1. The summed E-state index contributed by atoms with van der Waals surface area (Å²) < 4.78 is 80.0. The second-order valence-electron chi connectivity index (χ2n) is 5.99. The number of halogens is 6. The summed E-state index contributed by atoms with van der Waals surface area (Å²) in [6.07, 6.45) is -8.09. The van der Waals surface area contributed by atoms with Crippen LogP contribution in [0.1, 0.15) is 6.92 Å². The van der Waals surface area contributed by atoms with E-state index in [9.17, 15) is 31.4 Å². The minimum Gasteiger partial charge on any atom is -0.387 e. The predicted molar refractivity (Wildman–Crippen MR) is 75.9 cm³/mol. The number of nitrogens with two attached hydrogens (primary N) is 1. The topological polar surface area (TPSA) is 49.5 Å². The maximum Gasteiger partial charge on any atom is 0.407 e. The number of nitrogens with zero attached hydrogens (tertiary/aromatic N) is 1. The standard InChI is InChI=1S/C15H18F6N2O/c1-7-3-4-9(14(16,17)18)13-12(7)8(10(24)6-22)5-11(23(13)2)15(19,20)21/h3-5,9-11,13,24H,6,22H2,1-2H3. The van der Waals surface area contributed by atoms with Crippen molar-refractivity contribution in [2.75, 3.05) is 13.6 Å². The van der Waals surface area contributed by atoms with Crippen molar-refractivity contribution in [3.63, 3.8) is 0 Å². The molecular formula is C15H18F6N2O. The molecule has 0 amide bonds. The third-order valence-corrected chi connectivity index (χ3v) is 4.44. The second kappa shape index (κ2) is 6.20. The van der Waals surface area contributed by atoms with Crippen LogP contribution in [0, 0.1) is 5.92 Å². The average Bonchev–Trinajstić information content (AvgIpc) is 2.45. The van der Waals surface area contributed by atoms with Crippen molar-refractivity contribution in [2.24, 2.45) is 11.7 Å². The number of fused-ring (bicyclic) bond motifs is 1. The van der Waals surface area contributed by atoms with Gasteiger partial charge in [-0.15, -0.1) is 0 Å². The molecule has 2 rings (SSSR count). The van der Waals surface area contributed by atoms with E-state index in [0.717, 1.165) is 19.2 Å². The fraction of sp³-hybridized carbons (Fsp3) is 0.600. The number of aliphatic hydroxyl groups is 1. The van der Waals surface area contributed by atoms with Crippen molar-refractivity contribution in [2.45, 2.75) is 37.5 Å². The molecule has 1 heterocycles. The highest BCUT2D eigenvalue weighted by Crippen LogP contribution is 2.46. The average molecular weight is 356 g/mol. The molecule has 0 aromatic heterocycles. The monoisotopic (exact) mass is 356 g/mol. The number of likely N-dealkylation sites (N-methyl/N-ethyl adjacent to an activating group) is 1. The summed E-state index contributed by atoms with van der Waals surface area (Å²) in [5.41, 5.74) is 5.59. The molecule has 9 heteroatoms. The Morgan fingerprint density at radius 3 is 2.25 bits per heavy atom. The Morgan fingerprint density at radius 2 is 1.79 bits per heavy atom. The zero-order valence-corrected chi connectivity index (χ0v) is 13.0. The van der Waals surface area contributed by atoms with Gasteiger partial charge in [-0.2, -0.15) is 26.3 Å². The van der Waals surface area contributed by atoms with Crippen molar-refractivity contribution < 1.29 is 31.4 Å². The third kappa shape index (κ3) is 3.25. The lowest BCUT2D eigenvalue weighted by Gasteiger charge is -2.46. The second-order valence-corrected chi connectivity index (χ2v) is 5.99. The van der Waals surface area contributed by atoms with Gasteiger partial charge >= 0.3 is 12.4 Å². The van der Waals surface area contributed by atoms with E-state index in [0.29, 0.717) is 10.5 Å². The van der Waals surface area contributed by atoms with E-state index in [1.165, 1.54) is 13.0 Å². The molecular weight excluding hydrogens is 338 g/mol. The molecule has 0 saturated carbocycles. The van der Waals surface area contributed by atoms with Crippen molar-refractivity contribution in [3.8, 4) is 0 Å². The van der Waals surface area contributed by atoms with Crippen molar-refractivity contribution in [3.05, 3.63) is 34.9 Å². The van der Waals surface area contributed by atoms with Crippen LogP contribution in [0.3, 0.4) is 0 Å². The van der Waals surface area contributed by atoms with Gasteiger partial charge in [-0.1, -0.05) is 18.2 Å². The summed E-state index contributed by atoms with van der Waals surface area (Å²) in [5, 5.41) is 9.98. The first-order valence-corrected chi connectivity index (χ1v) is 7.24. The number of hydrogen-bond donors (Lipinski definition) is 2. The molecule has 0 spiro atoms. The Labute approximate surface area is 135 Å². The molecule has 136 valence electrons. The molecule has 0 bridgehead atoms. The van der Waals surface area contributed by atoms with Crippen LogP contribution in [0.5, 0.6) is 0 Å². The van der Waals surface area contributed by atoms with Crippen molar-refractivity contribution in [1.29, 1.82) is 0 Å². The molecule has 24 heavy (non-hydrogen) atoms. The largest absolute Gasteiger partial charge is 0.407 e. The van der Waals surface area contributed by atoms with E-state index in [-0.39, 0.29) is 17.7 Å². The molecule has 3 nitrogen and oxygen atoms in total. The molecule has 0 aromatic rings. The van der Waals surface area contributed by atoms with Crippen LogP contribution >= 0.6 is 0 Å². The number of allylic oxidation sites excluding steroid dienone is 2. The minimum atomic E-state index is -4.77. The fourth-order valence-corrected chi connectivity index (χ4v) is 3.29. The first-order valence-electron chi connectivity index (χ1n) is 7.24. The van der Waals surface area contributed by atoms with E-state index >= 15 is 0 Å². The van der Waals surface area contributed by atoms with E-state index in [1.807, 2.05) is 0 Å². The van der Waals surface area contributed by atoms with Gasteiger partial charge in [0.15, 0.2) is 0 Å². The molecule has 0 fully saturated rings. The Balaban J connectivity index is 2.66. The highest BCUT2D eigenvalue weighted by molar-refractivity contribution is 5.51. The molecule has 0 aromatic carbocycles. The van der Waals surface area contributed by atoms with Gasteiger partial charge in [0.1, 0.15) is 6.04 Å². The van der Waals surface area contributed by atoms with E-state index < -0.39 is 36.5 Å². The Bertz CT molecular complexity index is 590. The zero-order chi connectivity index (χ0) is 18.4. The van der Waals surface area contributed by atoms with Gasteiger partial charge < -0.3 is 10.8 Å². The van der Waals surface area contributed by atoms with Gasteiger partial charge in [0, 0.05) is 6.54 Å². The maximum absolute atomic E-state index is 13.4. The van der Waals surface area contributed by atoms with Crippen LogP contribution in [0.15, 0.2) is 34.9 Å². The highest BCUT2D eigenvalue weighted by atomic mass is 19.4. The lowest BCUT2D eigenvalue weighted by Crippen LogP contribution is -2.57. The Morgan fingerprint density at radius 1 is 1.21 bits per heavy atom. The first-order chi connectivity index (χ1) is 10.9. The quantitative estimate of drug-likeness (QED) is 0.748. The van der Waals surface area contributed by atoms with Crippen molar-refractivity contribution >= 4 is 0 Å². The number of hydrogen-bond acceptors (Lipinski definition) is 3. The summed E-state index contributed by atoms with van der Waals surface area (Å²) >= 11 is 0. The lowest BCUT2D eigenvalue weighted by molar-refractivity contribution is -0.199. The molecule has 4 atom stereocenters. The van der Waals surface area contributed by atoms with Crippen LogP contribution in [-0.4, -0.2) is 54.1 Å². The molecule has 1 aliphatic carbocycles. The molecule has 3 N–H and O–H groups in total. The smallest absolute Gasteiger partial charge is 0.387 e. The van der Waals surface area contributed by atoms with Crippen LogP contribution in [0.4, 0.5) is 26.3 Å². The fourth-order valence-electron chi connectivity index (χ4n) is 3.29. The zero-order valence-electron chi connectivity index (χ0n) is 13.0. The van der Waals surface area contributed by atoms with Crippen LogP contribution < -0.4 is 5.73 Å². The van der Waals surface area contributed by atoms with Gasteiger partial charge in [-0.3, -0.25) is 4.90 Å². The summed E-state index contributed by atoms with van der Waals surface area (Å²) in [7, 11) is 1.01. The number of alkyl halides is 6. The van der Waals surface area contributed by atoms with E-state index in [2.05, 4.69) is 0 Å². The highest BCUT2D eigenvalue weighted by Gasteiger charge is 2.55. The molecule has 1 aliphatic heterocycles. The first kappa shape index (κ1) is 19.0. The van der Waals surface area contributed by atoms with Crippen LogP contribution in [-0.2, 0) is 0 Å². The van der Waals surface area contributed by atoms with Gasteiger partial charge in [-0.25, -0.2) is 0 Å². The summed E-state index contributed by atoms with van der Waals surface area (Å²) in [6.45, 7) is 1.12. The Kier molecular flexibility index (Phi) is 4.91. The molecule has 0 radical (unpaired) electrons. The maximum atomic E-state index is 13.4. The van der Waals surface area contributed by atoms with Gasteiger partial charge in [0.2, 0.25) is 0 Å². The predicted octanol–water partition coefficient (Wildman–Crippen LogP) is 2.54. The Hall–Kier alpha value is -1.32. The summed E-state index contributed by atoms with van der Waals surface area (Å²) in [6, 6.07) is -3.80. The van der Waals surface area contributed by atoms with Gasteiger partial charge in [-0.05, 0) is 30.7 Å². The molecule has 2 aliphatic rings. The van der Waals surface area contributed by atoms with E-state index in [4.69, 9.17) is 5.73 Å². The summed E-state index contributed by atoms with van der Waals surface area (Å²) in [4.78, 5) is 0.660. The normalized spacial score (nSPS) is 30.2. The number of rotatable bonds is 2. The minimum absolute atomic E-state index is 0.0563. The summed E-state index contributed by atoms with van der Waals surface area (Å²) in [5.74, 6) is -2.10. The van der Waals surface area contributed by atoms with Gasteiger partial charge in [0.05, 0.1) is 18.1 Å². The third-order valence-electron chi connectivity index (χ3n) is 4.44. The van der Waals surface area contributed by atoms with E-state index in [1.54, 1.807) is 0 Å². The molecule has 0 saturated heterocycles. The lowest BCUT2D eigenvalue weighted by atomic mass is 9.75.